The standard InChI is InChI=1S/C14H18FN3/c1-17-9-4-10-18(11-12(17)7-8-16)14-6-3-2-5-13(14)15/h2-3,5-6,12H,4,7,9-11H2,1H3. The monoisotopic (exact) mass is 247 g/mol. The van der Waals surface area contributed by atoms with Gasteiger partial charge in [-0.25, -0.2) is 4.39 Å². The van der Waals surface area contributed by atoms with Crippen LogP contribution in [0.1, 0.15) is 12.8 Å². The molecule has 0 radical (unpaired) electrons. The lowest BCUT2D eigenvalue weighted by molar-refractivity contribution is 0.264. The van der Waals surface area contributed by atoms with Crippen molar-refractivity contribution in [2.24, 2.45) is 0 Å². The fourth-order valence-corrected chi connectivity index (χ4v) is 2.43. The van der Waals surface area contributed by atoms with Gasteiger partial charge in [0, 0.05) is 19.1 Å². The molecule has 1 unspecified atom stereocenters. The molecule has 0 spiro atoms. The molecule has 1 saturated heterocycles. The van der Waals surface area contributed by atoms with Crippen molar-refractivity contribution in [2.45, 2.75) is 18.9 Å². The first-order valence-electron chi connectivity index (χ1n) is 6.29. The highest BCUT2D eigenvalue weighted by atomic mass is 19.1. The van der Waals surface area contributed by atoms with Gasteiger partial charge in [-0.3, -0.25) is 0 Å². The molecule has 1 aliphatic rings. The maximum absolute atomic E-state index is 13.8. The van der Waals surface area contributed by atoms with Gasteiger partial charge in [-0.05, 0) is 32.1 Å². The van der Waals surface area contributed by atoms with Crippen molar-refractivity contribution in [3.05, 3.63) is 30.1 Å². The third-order valence-electron chi connectivity index (χ3n) is 3.51. The minimum atomic E-state index is -0.183. The zero-order chi connectivity index (χ0) is 13.0. The summed E-state index contributed by atoms with van der Waals surface area (Å²) in [6.45, 7) is 2.51. The van der Waals surface area contributed by atoms with Crippen LogP contribution in [0, 0.1) is 17.1 Å². The van der Waals surface area contributed by atoms with Crippen LogP contribution in [0.25, 0.3) is 0 Å². The Bertz CT molecular complexity index is 441. The molecule has 1 heterocycles. The topological polar surface area (TPSA) is 30.3 Å². The van der Waals surface area contributed by atoms with Crippen LogP contribution in [0.4, 0.5) is 10.1 Å². The second-order valence-corrected chi connectivity index (χ2v) is 4.75. The summed E-state index contributed by atoms with van der Waals surface area (Å²) in [7, 11) is 2.03. The Hall–Kier alpha value is -1.60. The van der Waals surface area contributed by atoms with Crippen molar-refractivity contribution < 1.29 is 4.39 Å². The molecule has 4 heteroatoms. The lowest BCUT2D eigenvalue weighted by Gasteiger charge is -2.28. The van der Waals surface area contributed by atoms with E-state index in [2.05, 4.69) is 15.9 Å². The molecule has 1 aliphatic heterocycles. The van der Waals surface area contributed by atoms with Gasteiger partial charge in [-0.1, -0.05) is 12.1 Å². The average molecular weight is 247 g/mol. The largest absolute Gasteiger partial charge is 0.368 e. The molecule has 1 aromatic carbocycles. The minimum absolute atomic E-state index is 0.178. The van der Waals surface area contributed by atoms with E-state index in [9.17, 15) is 4.39 Å². The first-order valence-corrected chi connectivity index (χ1v) is 6.29. The van der Waals surface area contributed by atoms with Gasteiger partial charge >= 0.3 is 0 Å². The Morgan fingerprint density at radius 1 is 1.39 bits per heavy atom. The molecular formula is C14H18FN3. The van der Waals surface area contributed by atoms with Crippen molar-refractivity contribution in [3.8, 4) is 6.07 Å². The number of nitrogens with zero attached hydrogens (tertiary/aromatic N) is 3. The van der Waals surface area contributed by atoms with Crippen molar-refractivity contribution in [2.75, 3.05) is 31.6 Å². The summed E-state index contributed by atoms with van der Waals surface area (Å²) < 4.78 is 13.8. The van der Waals surface area contributed by atoms with E-state index in [-0.39, 0.29) is 11.9 Å². The summed E-state index contributed by atoms with van der Waals surface area (Å²) in [6.07, 6.45) is 1.48. The van der Waals surface area contributed by atoms with Gasteiger partial charge in [0.25, 0.3) is 0 Å². The fraction of sp³-hybridized carbons (Fsp3) is 0.500. The Morgan fingerprint density at radius 3 is 2.89 bits per heavy atom. The lowest BCUT2D eigenvalue weighted by Crippen LogP contribution is -2.39. The molecule has 0 bridgehead atoms. The quantitative estimate of drug-likeness (QED) is 0.803. The second kappa shape index (κ2) is 5.83. The van der Waals surface area contributed by atoms with Gasteiger partial charge in [0.15, 0.2) is 0 Å². The Balaban J connectivity index is 2.18. The molecule has 2 rings (SSSR count). The van der Waals surface area contributed by atoms with Gasteiger partial charge in [-0.2, -0.15) is 5.26 Å². The molecule has 18 heavy (non-hydrogen) atoms. The maximum atomic E-state index is 13.8. The molecule has 0 amide bonds. The molecule has 3 nitrogen and oxygen atoms in total. The molecule has 0 N–H and O–H groups in total. The summed E-state index contributed by atoms with van der Waals surface area (Å²) in [4.78, 5) is 4.25. The molecule has 0 aliphatic carbocycles. The molecule has 0 aromatic heterocycles. The summed E-state index contributed by atoms with van der Waals surface area (Å²) in [5.74, 6) is -0.183. The molecule has 1 fully saturated rings. The van der Waals surface area contributed by atoms with Gasteiger partial charge in [0.2, 0.25) is 0 Å². The van der Waals surface area contributed by atoms with Gasteiger partial charge in [0.1, 0.15) is 5.82 Å². The highest BCUT2D eigenvalue weighted by molar-refractivity contribution is 5.48. The predicted molar refractivity (Wildman–Crippen MR) is 69.9 cm³/mol. The van der Waals surface area contributed by atoms with Crippen LogP contribution >= 0.6 is 0 Å². The van der Waals surface area contributed by atoms with Crippen LogP contribution < -0.4 is 4.90 Å². The van der Waals surface area contributed by atoms with Crippen LogP contribution in [0.5, 0.6) is 0 Å². The van der Waals surface area contributed by atoms with Crippen LogP contribution in [0.3, 0.4) is 0 Å². The van der Waals surface area contributed by atoms with E-state index in [1.54, 1.807) is 6.07 Å². The Labute approximate surface area is 107 Å². The number of hydrogen-bond acceptors (Lipinski definition) is 3. The molecule has 0 saturated carbocycles. The second-order valence-electron chi connectivity index (χ2n) is 4.75. The maximum Gasteiger partial charge on any atom is 0.146 e. The summed E-state index contributed by atoms with van der Waals surface area (Å²) in [6, 6.07) is 9.25. The third-order valence-corrected chi connectivity index (χ3v) is 3.51. The van der Waals surface area contributed by atoms with Crippen molar-refractivity contribution in [1.82, 2.24) is 4.90 Å². The van der Waals surface area contributed by atoms with E-state index in [4.69, 9.17) is 5.26 Å². The SMILES string of the molecule is CN1CCCN(c2ccccc2F)CC1CC#N. The highest BCUT2D eigenvalue weighted by Gasteiger charge is 2.23. The zero-order valence-electron chi connectivity index (χ0n) is 10.6. The van der Waals surface area contributed by atoms with Crippen LogP contribution in [-0.4, -0.2) is 37.6 Å². The van der Waals surface area contributed by atoms with E-state index >= 15 is 0 Å². The first-order chi connectivity index (χ1) is 8.72. The number of benzene rings is 1. The number of para-hydroxylation sites is 1. The van der Waals surface area contributed by atoms with Crippen molar-refractivity contribution >= 4 is 5.69 Å². The lowest BCUT2D eigenvalue weighted by atomic mass is 10.2. The summed E-state index contributed by atoms with van der Waals surface area (Å²) >= 11 is 0. The third kappa shape index (κ3) is 2.80. The van der Waals surface area contributed by atoms with E-state index in [0.29, 0.717) is 18.7 Å². The number of halogens is 1. The average Bonchev–Trinajstić information content (AvgIpc) is 2.54. The first kappa shape index (κ1) is 12.8. The highest BCUT2D eigenvalue weighted by Crippen LogP contribution is 2.22. The van der Waals surface area contributed by atoms with Gasteiger partial charge < -0.3 is 9.80 Å². The smallest absolute Gasteiger partial charge is 0.146 e. The van der Waals surface area contributed by atoms with E-state index in [1.165, 1.54) is 6.07 Å². The number of nitriles is 1. The number of hydrogen-bond donors (Lipinski definition) is 0. The van der Waals surface area contributed by atoms with Crippen LogP contribution in [0.2, 0.25) is 0 Å². The van der Waals surface area contributed by atoms with Crippen molar-refractivity contribution in [3.63, 3.8) is 0 Å². The van der Waals surface area contributed by atoms with Gasteiger partial charge in [-0.15, -0.1) is 0 Å². The predicted octanol–water partition coefficient (Wildman–Crippen LogP) is 2.25. The molecule has 1 atom stereocenters. The summed E-state index contributed by atoms with van der Waals surface area (Å²) in [5.41, 5.74) is 0.649. The van der Waals surface area contributed by atoms with E-state index < -0.39 is 0 Å². The van der Waals surface area contributed by atoms with Crippen LogP contribution in [-0.2, 0) is 0 Å². The normalized spacial score (nSPS) is 21.4. The zero-order valence-corrected chi connectivity index (χ0v) is 10.6. The molecule has 1 aromatic rings. The van der Waals surface area contributed by atoms with Crippen molar-refractivity contribution in [1.29, 1.82) is 5.26 Å². The fourth-order valence-electron chi connectivity index (χ4n) is 2.43. The molecular weight excluding hydrogens is 229 g/mol. The Morgan fingerprint density at radius 2 is 2.17 bits per heavy atom. The van der Waals surface area contributed by atoms with E-state index in [1.807, 2.05) is 19.2 Å². The van der Waals surface area contributed by atoms with E-state index in [0.717, 1.165) is 19.5 Å². The minimum Gasteiger partial charge on any atom is -0.368 e. The number of likely N-dealkylation sites (N-methyl/N-ethyl adjacent to an activating group) is 1. The Kier molecular flexibility index (Phi) is 4.16. The molecule has 96 valence electrons. The number of rotatable bonds is 2. The summed E-state index contributed by atoms with van der Waals surface area (Å²) in [5, 5.41) is 8.87. The van der Waals surface area contributed by atoms with Crippen LogP contribution in [0.15, 0.2) is 24.3 Å². The number of anilines is 1. The van der Waals surface area contributed by atoms with Gasteiger partial charge in [0.05, 0.1) is 18.2 Å².